The Labute approximate surface area is 228 Å². The largest absolute Gasteiger partial charge is 0.492 e. The van der Waals surface area contributed by atoms with Gasteiger partial charge in [0.05, 0.1) is 12.8 Å². The molecule has 0 bridgehead atoms. The summed E-state index contributed by atoms with van der Waals surface area (Å²) in [6, 6.07) is 17.0. The molecule has 0 fully saturated rings. The number of halogens is 3. The van der Waals surface area contributed by atoms with E-state index in [0.29, 0.717) is 29.5 Å². The van der Waals surface area contributed by atoms with Crippen LogP contribution < -0.4 is 4.74 Å². The van der Waals surface area contributed by atoms with Crippen molar-refractivity contribution in [3.63, 3.8) is 0 Å². The van der Waals surface area contributed by atoms with Crippen LogP contribution in [0.3, 0.4) is 0 Å². The lowest BCUT2D eigenvalue weighted by Crippen LogP contribution is -2.00. The summed E-state index contributed by atoms with van der Waals surface area (Å²) in [6.07, 6.45) is 9.88. The third-order valence-corrected chi connectivity index (χ3v) is 6.98. The first kappa shape index (κ1) is 28.2. The van der Waals surface area contributed by atoms with Gasteiger partial charge in [-0.3, -0.25) is 4.98 Å². The summed E-state index contributed by atoms with van der Waals surface area (Å²) < 4.78 is 48.8. The number of rotatable bonds is 13. The Hall–Kier alpha value is -3.85. The molecule has 0 aliphatic heterocycles. The lowest BCUT2D eigenvalue weighted by Gasteiger charge is -2.10. The van der Waals surface area contributed by atoms with Crippen LogP contribution in [0.1, 0.15) is 67.0 Å². The Morgan fingerprint density at radius 1 is 0.795 bits per heavy atom. The van der Waals surface area contributed by atoms with Gasteiger partial charge in [-0.25, -0.2) is 13.2 Å². The van der Waals surface area contributed by atoms with Crippen molar-refractivity contribution in [3.8, 4) is 11.8 Å². The van der Waals surface area contributed by atoms with Crippen LogP contribution >= 0.6 is 0 Å². The lowest BCUT2D eigenvalue weighted by molar-refractivity contribution is 0.303. The minimum absolute atomic E-state index is 0.260. The van der Waals surface area contributed by atoms with Crippen LogP contribution in [0.4, 0.5) is 13.2 Å². The molecule has 0 aliphatic rings. The smallest absolute Gasteiger partial charge is 0.144 e. The molecule has 0 atom stereocenters. The number of hydrogen-bond acceptors (Lipinski definition) is 3. The molecule has 0 spiro atoms. The van der Waals surface area contributed by atoms with Gasteiger partial charge >= 0.3 is 0 Å². The fourth-order valence-corrected chi connectivity index (χ4v) is 4.70. The number of unbranched alkanes of at least 4 members (excludes halogenated alkanes) is 4. The summed E-state index contributed by atoms with van der Waals surface area (Å²) in [5.74, 6) is -1.32. The number of ether oxygens (including phenoxy) is 1. The highest BCUT2D eigenvalue weighted by molar-refractivity contribution is 5.84. The maximum Gasteiger partial charge on any atom is 0.144 e. The van der Waals surface area contributed by atoms with E-state index in [1.807, 2.05) is 30.3 Å². The normalized spacial score (nSPS) is 11.1. The molecule has 0 aliphatic carbocycles. The van der Waals surface area contributed by atoms with Gasteiger partial charge in [0.2, 0.25) is 0 Å². The number of benzene rings is 3. The Bertz CT molecular complexity index is 1420. The van der Waals surface area contributed by atoms with Crippen molar-refractivity contribution in [2.24, 2.45) is 0 Å². The first-order valence-corrected chi connectivity index (χ1v) is 13.6. The molecule has 1 heterocycles. The van der Waals surface area contributed by atoms with Crippen LogP contribution in [0.15, 0.2) is 60.8 Å². The van der Waals surface area contributed by atoms with Gasteiger partial charge in [0.15, 0.2) is 0 Å². The summed E-state index contributed by atoms with van der Waals surface area (Å²) in [5, 5.41) is 10.1. The molecule has 39 heavy (non-hydrogen) atoms. The predicted octanol–water partition coefficient (Wildman–Crippen LogP) is 8.44. The van der Waals surface area contributed by atoms with E-state index in [9.17, 15) is 8.78 Å². The van der Waals surface area contributed by atoms with Crippen molar-refractivity contribution in [2.75, 3.05) is 6.61 Å². The highest BCUT2D eigenvalue weighted by Gasteiger charge is 2.13. The minimum atomic E-state index is -0.897. The number of nitriles is 1. The SMILES string of the molecule is CCCCCCCOc1ccc(CCc2ccc3c(F)c(CCc4cc(F)c(C#N)c(F)c4)ccc3c2)nc1. The molecule has 0 unspecified atom stereocenters. The molecular weight excluding hydrogens is 497 g/mol. The Balaban J connectivity index is 1.32. The third kappa shape index (κ3) is 7.60. The van der Waals surface area contributed by atoms with Gasteiger partial charge in [-0.15, -0.1) is 0 Å². The van der Waals surface area contributed by atoms with Gasteiger partial charge in [0.1, 0.15) is 34.8 Å². The molecule has 4 rings (SSSR count). The van der Waals surface area contributed by atoms with Crippen molar-refractivity contribution in [2.45, 2.75) is 64.7 Å². The van der Waals surface area contributed by atoms with Crippen molar-refractivity contribution >= 4 is 10.8 Å². The number of hydrogen-bond donors (Lipinski definition) is 0. The molecule has 0 radical (unpaired) electrons. The summed E-state index contributed by atoms with van der Waals surface area (Å²) >= 11 is 0. The summed E-state index contributed by atoms with van der Waals surface area (Å²) in [6.45, 7) is 2.92. The maximum atomic E-state index is 15.2. The number of nitrogens with zero attached hydrogens (tertiary/aromatic N) is 2. The minimum Gasteiger partial charge on any atom is -0.492 e. The summed E-state index contributed by atoms with van der Waals surface area (Å²) in [4.78, 5) is 4.53. The summed E-state index contributed by atoms with van der Waals surface area (Å²) in [5.41, 5.74) is 2.33. The number of aromatic nitrogens is 1. The van der Waals surface area contributed by atoms with E-state index < -0.39 is 17.2 Å². The van der Waals surface area contributed by atoms with E-state index in [4.69, 9.17) is 10.00 Å². The van der Waals surface area contributed by atoms with Crippen LogP contribution in [-0.4, -0.2) is 11.6 Å². The Kier molecular flexibility index (Phi) is 9.97. The molecule has 0 amide bonds. The first-order chi connectivity index (χ1) is 19.0. The topological polar surface area (TPSA) is 45.9 Å². The maximum absolute atomic E-state index is 15.2. The molecule has 0 saturated heterocycles. The van der Waals surface area contributed by atoms with Crippen LogP contribution in [-0.2, 0) is 25.7 Å². The highest BCUT2D eigenvalue weighted by atomic mass is 19.1. The van der Waals surface area contributed by atoms with Crippen LogP contribution in [0.2, 0.25) is 0 Å². The lowest BCUT2D eigenvalue weighted by atomic mass is 9.97. The number of pyridine rings is 1. The molecule has 0 saturated carbocycles. The molecule has 6 heteroatoms. The highest BCUT2D eigenvalue weighted by Crippen LogP contribution is 2.25. The summed E-state index contributed by atoms with van der Waals surface area (Å²) in [7, 11) is 0. The van der Waals surface area contributed by atoms with E-state index in [2.05, 4.69) is 11.9 Å². The van der Waals surface area contributed by atoms with Crippen molar-refractivity contribution in [3.05, 3.63) is 106 Å². The molecule has 3 aromatic carbocycles. The van der Waals surface area contributed by atoms with Gasteiger partial charge in [0, 0.05) is 11.1 Å². The van der Waals surface area contributed by atoms with E-state index in [0.717, 1.165) is 53.8 Å². The molecule has 0 N–H and O–H groups in total. The predicted molar refractivity (Wildman–Crippen MR) is 148 cm³/mol. The number of aryl methyl sites for hydroxylation is 4. The molecule has 4 aromatic rings. The second-order valence-corrected chi connectivity index (χ2v) is 9.89. The Morgan fingerprint density at radius 2 is 1.56 bits per heavy atom. The third-order valence-electron chi connectivity index (χ3n) is 6.98. The molecule has 202 valence electrons. The van der Waals surface area contributed by atoms with Crippen molar-refractivity contribution in [1.82, 2.24) is 4.98 Å². The molecule has 3 nitrogen and oxygen atoms in total. The van der Waals surface area contributed by atoms with E-state index in [1.54, 1.807) is 18.3 Å². The zero-order valence-electron chi connectivity index (χ0n) is 22.3. The monoisotopic (exact) mass is 530 g/mol. The first-order valence-electron chi connectivity index (χ1n) is 13.6. The van der Waals surface area contributed by atoms with Crippen molar-refractivity contribution < 1.29 is 17.9 Å². The van der Waals surface area contributed by atoms with Crippen LogP contribution in [0.25, 0.3) is 10.8 Å². The van der Waals surface area contributed by atoms with Gasteiger partial charge in [-0.1, -0.05) is 62.9 Å². The van der Waals surface area contributed by atoms with E-state index in [1.165, 1.54) is 31.8 Å². The van der Waals surface area contributed by atoms with Crippen LogP contribution in [0, 0.1) is 28.8 Å². The second kappa shape index (κ2) is 13.8. The second-order valence-electron chi connectivity index (χ2n) is 9.89. The average Bonchev–Trinajstić information content (AvgIpc) is 2.94. The van der Waals surface area contributed by atoms with Gasteiger partial charge in [-0.2, -0.15) is 5.26 Å². The average molecular weight is 531 g/mol. The molecule has 1 aromatic heterocycles. The quantitative estimate of drug-likeness (QED) is 0.163. The van der Waals surface area contributed by atoms with Gasteiger partial charge in [0.25, 0.3) is 0 Å². The van der Waals surface area contributed by atoms with Crippen LogP contribution in [0.5, 0.6) is 5.75 Å². The Morgan fingerprint density at radius 3 is 2.28 bits per heavy atom. The van der Waals surface area contributed by atoms with Crippen molar-refractivity contribution in [1.29, 1.82) is 5.26 Å². The van der Waals surface area contributed by atoms with Gasteiger partial charge < -0.3 is 4.74 Å². The zero-order valence-corrected chi connectivity index (χ0v) is 22.3. The standard InChI is InChI=1S/C33H33F3N2O/c1-2-3-4-5-6-17-39-28-15-14-27(38-22-28)13-8-23-9-16-29-26(18-23)12-11-25(33(29)36)10-7-24-19-31(34)30(21-37)32(35)20-24/h9,11-12,14-16,18-20,22H,2-8,10,13,17H2,1H3. The zero-order chi connectivity index (χ0) is 27.6. The number of fused-ring (bicyclic) bond motifs is 1. The van der Waals surface area contributed by atoms with E-state index in [-0.39, 0.29) is 12.2 Å². The fraction of sp³-hybridized carbons (Fsp3) is 0.333. The molecular formula is C33H33F3N2O. The fourth-order valence-electron chi connectivity index (χ4n) is 4.70. The van der Waals surface area contributed by atoms with E-state index >= 15 is 4.39 Å². The van der Waals surface area contributed by atoms with Gasteiger partial charge in [-0.05, 0) is 78.4 Å².